The molecule has 2 spiro atoms. The predicted molar refractivity (Wildman–Crippen MR) is 134 cm³/mol. The largest absolute Gasteiger partial charge is 0.504 e. The minimum atomic E-state index is -1.42. The number of aliphatic hydroxyl groups is 1. The number of ether oxygens (including phenoxy) is 1. The van der Waals surface area contributed by atoms with E-state index in [-0.39, 0.29) is 23.1 Å². The van der Waals surface area contributed by atoms with Crippen LogP contribution in [0.25, 0.3) is 0 Å². The molecule has 186 valence electrons. The Balaban J connectivity index is 1.24. The number of nitrogens with zero attached hydrogens (tertiary/aromatic N) is 1. The lowest BCUT2D eigenvalue weighted by Crippen LogP contribution is -2.79. The summed E-state index contributed by atoms with van der Waals surface area (Å²) in [5.41, 5.74) is 1.21. The van der Waals surface area contributed by atoms with Crippen molar-refractivity contribution in [3.05, 3.63) is 71.3 Å². The fourth-order valence-corrected chi connectivity index (χ4v) is 8.69. The second-order valence-electron chi connectivity index (χ2n) is 12.0. The lowest BCUT2D eigenvalue weighted by molar-refractivity contribution is -0.206. The second kappa shape index (κ2) is 6.93. The van der Waals surface area contributed by atoms with Gasteiger partial charge in [0, 0.05) is 30.1 Å². The van der Waals surface area contributed by atoms with E-state index in [2.05, 4.69) is 22.4 Å². The third kappa shape index (κ3) is 2.47. The Bertz CT molecular complexity index is 1310. The monoisotopic (exact) mass is 484 g/mol. The van der Waals surface area contributed by atoms with E-state index >= 15 is 0 Å². The van der Waals surface area contributed by atoms with E-state index in [0.29, 0.717) is 18.7 Å². The van der Waals surface area contributed by atoms with Crippen molar-refractivity contribution in [3.8, 4) is 11.5 Å². The highest BCUT2D eigenvalue weighted by atomic mass is 16.5. The van der Waals surface area contributed by atoms with E-state index in [4.69, 9.17) is 4.74 Å². The molecular formula is C30H32N2O4. The van der Waals surface area contributed by atoms with Crippen molar-refractivity contribution in [3.63, 3.8) is 0 Å². The van der Waals surface area contributed by atoms with Crippen LogP contribution in [0, 0.1) is 17.3 Å². The normalized spacial score (nSPS) is 39.0. The number of phenolic OH excluding ortho intramolecular Hbond substituents is 1. The van der Waals surface area contributed by atoms with Crippen molar-refractivity contribution < 1.29 is 19.7 Å². The number of carbonyl (C=O) groups excluding carboxylic acids is 1. The maximum Gasteiger partial charge on any atom is 0.226 e. The SMILES string of the molecule is O=C(NCc1ccccc1)[C@H]1C[C@@]23C=C[C@@]1(O)[C@@H]1Oc4c(O)ccc5c4[C@@]12CCN(CC1CC1)[C@H]3C5. The van der Waals surface area contributed by atoms with E-state index < -0.39 is 23.0 Å². The molecule has 0 unspecified atom stereocenters. The Morgan fingerprint density at radius 3 is 2.78 bits per heavy atom. The Kier molecular flexibility index (Phi) is 4.09. The molecular weight excluding hydrogens is 452 g/mol. The molecule has 1 saturated heterocycles. The summed E-state index contributed by atoms with van der Waals surface area (Å²) in [5, 5.41) is 26.2. The van der Waals surface area contributed by atoms with Crippen LogP contribution in [-0.4, -0.2) is 51.9 Å². The van der Waals surface area contributed by atoms with Gasteiger partial charge in [-0.1, -0.05) is 48.6 Å². The molecule has 6 heteroatoms. The van der Waals surface area contributed by atoms with Gasteiger partial charge in [0.1, 0.15) is 11.7 Å². The Labute approximate surface area is 211 Å². The smallest absolute Gasteiger partial charge is 0.226 e. The molecule has 0 aromatic heterocycles. The first-order chi connectivity index (χ1) is 17.5. The van der Waals surface area contributed by atoms with Crippen LogP contribution in [0.15, 0.2) is 54.6 Å². The molecule has 2 aromatic rings. The molecule has 6 atom stereocenters. The first kappa shape index (κ1) is 21.3. The predicted octanol–water partition coefficient (Wildman–Crippen LogP) is 3.06. The zero-order chi connectivity index (χ0) is 24.3. The van der Waals surface area contributed by atoms with E-state index in [1.54, 1.807) is 6.07 Å². The molecule has 9 rings (SSSR count). The van der Waals surface area contributed by atoms with Crippen molar-refractivity contribution in [1.29, 1.82) is 0 Å². The summed E-state index contributed by atoms with van der Waals surface area (Å²) in [5.74, 6) is 0.719. The van der Waals surface area contributed by atoms with Crippen LogP contribution in [-0.2, 0) is 23.2 Å². The highest BCUT2D eigenvalue weighted by Crippen LogP contribution is 2.74. The molecule has 5 aliphatic carbocycles. The van der Waals surface area contributed by atoms with Gasteiger partial charge in [-0.3, -0.25) is 9.69 Å². The van der Waals surface area contributed by atoms with Crippen LogP contribution in [0.3, 0.4) is 0 Å². The standard InChI is InChI=1S/C30H32N2O4/c33-22-9-8-20-14-23-28-10-11-30(35,21(15-28)26(34)31-16-18-4-2-1-3-5-18)27-29(28,24(20)25(22)36-27)12-13-32(23)17-19-6-7-19/h1-5,8-11,19,21,23,27,33,35H,6-7,12-17H2,(H,31,34)/t21-,23+,27-,28-,29+,30+/m1/s1. The molecule has 36 heavy (non-hydrogen) atoms. The van der Waals surface area contributed by atoms with Gasteiger partial charge in [-0.25, -0.2) is 0 Å². The summed E-state index contributed by atoms with van der Waals surface area (Å²) in [4.78, 5) is 16.4. The number of fused-ring (bicyclic) bond motifs is 1. The van der Waals surface area contributed by atoms with Crippen LogP contribution < -0.4 is 10.1 Å². The Morgan fingerprint density at radius 1 is 1.14 bits per heavy atom. The molecule has 2 saturated carbocycles. The topological polar surface area (TPSA) is 82.0 Å². The molecule has 1 amide bonds. The molecule has 4 bridgehead atoms. The molecule has 2 aliphatic heterocycles. The number of aromatic hydroxyl groups is 1. The quantitative estimate of drug-likeness (QED) is 0.569. The average Bonchev–Trinajstić information content (AvgIpc) is 3.63. The number of rotatable bonds is 5. The second-order valence-corrected chi connectivity index (χ2v) is 12.0. The van der Waals surface area contributed by atoms with Crippen LogP contribution in [0.5, 0.6) is 11.5 Å². The number of benzene rings is 2. The van der Waals surface area contributed by atoms with Gasteiger partial charge < -0.3 is 20.3 Å². The van der Waals surface area contributed by atoms with Gasteiger partial charge in [-0.2, -0.15) is 0 Å². The number of phenols is 1. The summed E-state index contributed by atoms with van der Waals surface area (Å²) in [6, 6.07) is 13.9. The third-order valence-electron chi connectivity index (χ3n) is 10.4. The number of hydrogen-bond donors (Lipinski definition) is 3. The van der Waals surface area contributed by atoms with Gasteiger partial charge in [0.15, 0.2) is 11.5 Å². The number of amides is 1. The molecule has 3 fully saturated rings. The molecule has 3 N–H and O–H groups in total. The van der Waals surface area contributed by atoms with Crippen LogP contribution in [0.1, 0.15) is 42.4 Å². The zero-order valence-electron chi connectivity index (χ0n) is 20.3. The van der Waals surface area contributed by atoms with E-state index in [1.807, 2.05) is 36.4 Å². The van der Waals surface area contributed by atoms with Gasteiger partial charge >= 0.3 is 0 Å². The van der Waals surface area contributed by atoms with Crippen molar-refractivity contribution in [2.45, 2.75) is 61.8 Å². The molecule has 6 nitrogen and oxygen atoms in total. The van der Waals surface area contributed by atoms with E-state index in [9.17, 15) is 15.0 Å². The number of likely N-dealkylation sites (tertiary alicyclic amines) is 1. The summed E-state index contributed by atoms with van der Waals surface area (Å²) in [6.45, 7) is 2.51. The van der Waals surface area contributed by atoms with Crippen molar-refractivity contribution in [2.75, 3.05) is 13.1 Å². The number of carbonyl (C=O) groups is 1. The van der Waals surface area contributed by atoms with Gasteiger partial charge in [0.25, 0.3) is 0 Å². The number of nitrogens with one attached hydrogen (secondary N) is 1. The van der Waals surface area contributed by atoms with Crippen LogP contribution >= 0.6 is 0 Å². The van der Waals surface area contributed by atoms with E-state index in [1.165, 1.54) is 18.4 Å². The lowest BCUT2D eigenvalue weighted by Gasteiger charge is -2.70. The van der Waals surface area contributed by atoms with Crippen molar-refractivity contribution in [2.24, 2.45) is 17.3 Å². The highest BCUT2D eigenvalue weighted by molar-refractivity contribution is 5.82. The Hall–Kier alpha value is -2.83. The highest BCUT2D eigenvalue weighted by Gasteiger charge is 2.79. The van der Waals surface area contributed by atoms with E-state index in [0.717, 1.165) is 43.0 Å². The van der Waals surface area contributed by atoms with Gasteiger partial charge in [0.2, 0.25) is 5.91 Å². The van der Waals surface area contributed by atoms with Gasteiger partial charge in [0.05, 0.1) is 11.3 Å². The zero-order valence-corrected chi connectivity index (χ0v) is 20.3. The fraction of sp³-hybridized carbons (Fsp3) is 0.500. The first-order valence-corrected chi connectivity index (χ1v) is 13.5. The summed E-state index contributed by atoms with van der Waals surface area (Å²) in [7, 11) is 0. The lowest BCUT2D eigenvalue weighted by atomic mass is 9.37. The average molecular weight is 485 g/mol. The van der Waals surface area contributed by atoms with Crippen LogP contribution in [0.4, 0.5) is 0 Å². The summed E-state index contributed by atoms with van der Waals surface area (Å²) < 4.78 is 6.56. The molecule has 2 aromatic carbocycles. The number of hydrogen-bond acceptors (Lipinski definition) is 5. The summed E-state index contributed by atoms with van der Waals surface area (Å²) >= 11 is 0. The maximum atomic E-state index is 13.7. The van der Waals surface area contributed by atoms with Crippen LogP contribution in [0.2, 0.25) is 0 Å². The van der Waals surface area contributed by atoms with Crippen molar-refractivity contribution >= 4 is 5.91 Å². The first-order valence-electron chi connectivity index (χ1n) is 13.5. The third-order valence-corrected chi connectivity index (χ3v) is 10.4. The Morgan fingerprint density at radius 2 is 1.97 bits per heavy atom. The summed E-state index contributed by atoms with van der Waals surface area (Å²) in [6.07, 6.45) is 8.52. The molecule has 7 aliphatic rings. The molecule has 2 heterocycles. The number of piperidine rings is 1. The minimum absolute atomic E-state index is 0.124. The van der Waals surface area contributed by atoms with Gasteiger partial charge in [-0.05, 0) is 61.8 Å². The fourth-order valence-electron chi connectivity index (χ4n) is 8.69. The van der Waals surface area contributed by atoms with Crippen molar-refractivity contribution in [1.82, 2.24) is 10.2 Å². The minimum Gasteiger partial charge on any atom is -0.504 e. The molecule has 0 radical (unpaired) electrons. The van der Waals surface area contributed by atoms with Gasteiger partial charge in [-0.15, -0.1) is 0 Å². The maximum absolute atomic E-state index is 13.7.